The number of halogens is 1. The molecule has 2 rings (SSSR count). The Morgan fingerprint density at radius 1 is 1.05 bits per heavy atom. The quantitative estimate of drug-likeness (QED) is 0.480. The lowest BCUT2D eigenvalue weighted by atomic mass is 10.4. The fourth-order valence-corrected chi connectivity index (χ4v) is 1.30. The minimum atomic E-state index is -0.524. The maximum absolute atomic E-state index is 10.2. The first kappa shape index (κ1) is 17.2. The van der Waals surface area contributed by atoms with Gasteiger partial charge in [-0.15, -0.1) is 0 Å². The van der Waals surface area contributed by atoms with Gasteiger partial charge >= 0.3 is 0 Å². The number of pyridine rings is 2. The van der Waals surface area contributed by atoms with Crippen LogP contribution in [0.1, 0.15) is 6.92 Å². The second-order valence-corrected chi connectivity index (χ2v) is 4.03. The van der Waals surface area contributed by atoms with Gasteiger partial charge in [-0.2, -0.15) is 0 Å². The van der Waals surface area contributed by atoms with Gasteiger partial charge in [-0.3, -0.25) is 20.2 Å². The lowest BCUT2D eigenvalue weighted by Gasteiger charge is -1.98. The summed E-state index contributed by atoms with van der Waals surface area (Å²) in [4.78, 5) is 26.5. The third-order valence-electron chi connectivity index (χ3n) is 2.15. The van der Waals surface area contributed by atoms with Crippen LogP contribution in [0.3, 0.4) is 0 Å². The van der Waals surface area contributed by atoms with Crippen molar-refractivity contribution in [3.63, 3.8) is 0 Å². The Labute approximate surface area is 129 Å². The monoisotopic (exact) mass is 326 g/mol. The molecule has 2 aromatic heterocycles. The maximum atomic E-state index is 10.2. The number of ether oxygens (including phenoxy) is 1. The van der Waals surface area contributed by atoms with Gasteiger partial charge in [-0.25, -0.2) is 9.97 Å². The lowest BCUT2D eigenvalue weighted by molar-refractivity contribution is -0.385. The smallest absolute Gasteiger partial charge is 0.287 e. The third-order valence-corrected chi connectivity index (χ3v) is 2.37. The van der Waals surface area contributed by atoms with Crippen LogP contribution in [0.25, 0.3) is 0 Å². The van der Waals surface area contributed by atoms with Gasteiger partial charge in [-0.1, -0.05) is 11.6 Å². The Kier molecular flexibility index (Phi) is 6.64. The van der Waals surface area contributed by atoms with E-state index in [-0.39, 0.29) is 16.5 Å². The molecule has 0 saturated heterocycles. The minimum absolute atomic E-state index is 0.0292. The Balaban J connectivity index is 0.000000224. The molecule has 0 aromatic carbocycles. The molecular formula is C12H11ClN4O5. The van der Waals surface area contributed by atoms with Crippen LogP contribution in [0.5, 0.6) is 5.88 Å². The summed E-state index contributed by atoms with van der Waals surface area (Å²) in [6, 6.07) is 5.51. The zero-order valence-electron chi connectivity index (χ0n) is 11.4. The van der Waals surface area contributed by atoms with E-state index in [0.29, 0.717) is 12.5 Å². The fourth-order valence-electron chi connectivity index (χ4n) is 1.19. The molecule has 0 amide bonds. The number of nitrogens with zero attached hydrogens (tertiary/aromatic N) is 4. The number of hydrogen-bond acceptors (Lipinski definition) is 7. The molecule has 0 spiro atoms. The van der Waals surface area contributed by atoms with Gasteiger partial charge in [0.05, 0.1) is 16.5 Å². The molecular weight excluding hydrogens is 316 g/mol. The summed E-state index contributed by atoms with van der Waals surface area (Å²) in [6.07, 6.45) is 2.29. The van der Waals surface area contributed by atoms with Crippen LogP contribution in [0, 0.1) is 20.2 Å². The van der Waals surface area contributed by atoms with E-state index in [1.54, 1.807) is 0 Å². The highest BCUT2D eigenvalue weighted by atomic mass is 35.5. The number of rotatable bonds is 4. The fraction of sp³-hybridized carbons (Fsp3) is 0.167. The van der Waals surface area contributed by atoms with Crippen LogP contribution >= 0.6 is 11.6 Å². The predicted octanol–water partition coefficient (Wildman–Crippen LogP) is 3.03. The molecule has 0 aliphatic rings. The molecule has 10 heteroatoms. The predicted molar refractivity (Wildman–Crippen MR) is 78.0 cm³/mol. The summed E-state index contributed by atoms with van der Waals surface area (Å²) in [7, 11) is 0. The highest BCUT2D eigenvalue weighted by molar-refractivity contribution is 6.29. The standard InChI is InChI=1S/C7H8N2O3.C5H3ClN2O2/c1-2-12-7-4-3-6(5-8-7)9(10)11;6-5-2-1-4(3-7-5)8(9)10/h3-5H,2H2,1H3;1-3H. The molecule has 0 aliphatic heterocycles. The second-order valence-electron chi connectivity index (χ2n) is 3.64. The first-order chi connectivity index (χ1) is 10.4. The summed E-state index contributed by atoms with van der Waals surface area (Å²) in [5.74, 6) is 0.406. The normalized spacial score (nSPS) is 9.36. The van der Waals surface area contributed by atoms with Crippen LogP contribution < -0.4 is 4.74 Å². The van der Waals surface area contributed by atoms with Crippen LogP contribution in [0.2, 0.25) is 5.15 Å². The van der Waals surface area contributed by atoms with Crippen LogP contribution in [-0.4, -0.2) is 26.4 Å². The minimum Gasteiger partial charge on any atom is -0.478 e. The van der Waals surface area contributed by atoms with Gasteiger partial charge in [0, 0.05) is 18.2 Å². The zero-order chi connectivity index (χ0) is 16.5. The Morgan fingerprint density at radius 2 is 1.59 bits per heavy atom. The Hall–Kier alpha value is -2.81. The van der Waals surface area contributed by atoms with Gasteiger partial charge in [0.1, 0.15) is 17.5 Å². The van der Waals surface area contributed by atoms with Crippen LogP contribution in [0.15, 0.2) is 36.7 Å². The summed E-state index contributed by atoms with van der Waals surface area (Å²) in [5, 5.41) is 20.5. The number of nitro groups is 2. The summed E-state index contributed by atoms with van der Waals surface area (Å²) < 4.78 is 5.01. The molecule has 0 aliphatic carbocycles. The molecule has 0 bridgehead atoms. The molecule has 0 radical (unpaired) electrons. The molecule has 2 heterocycles. The SMILES string of the molecule is CCOc1ccc([N+](=O)[O-])cn1.O=[N+]([O-])c1ccc(Cl)nc1. The van der Waals surface area contributed by atoms with Crippen molar-refractivity contribution >= 4 is 23.0 Å². The summed E-state index contributed by atoms with van der Waals surface area (Å²) in [6.45, 7) is 2.33. The van der Waals surface area contributed by atoms with E-state index in [9.17, 15) is 20.2 Å². The van der Waals surface area contributed by atoms with E-state index in [1.165, 1.54) is 30.5 Å². The van der Waals surface area contributed by atoms with E-state index >= 15 is 0 Å². The molecule has 0 fully saturated rings. The van der Waals surface area contributed by atoms with E-state index in [4.69, 9.17) is 16.3 Å². The van der Waals surface area contributed by atoms with Crippen molar-refractivity contribution in [1.82, 2.24) is 9.97 Å². The maximum Gasteiger partial charge on any atom is 0.287 e. The van der Waals surface area contributed by atoms with Crippen LogP contribution in [-0.2, 0) is 0 Å². The van der Waals surface area contributed by atoms with E-state index in [2.05, 4.69) is 9.97 Å². The summed E-state index contributed by atoms with van der Waals surface area (Å²) >= 11 is 5.38. The van der Waals surface area contributed by atoms with Crippen molar-refractivity contribution in [3.8, 4) is 5.88 Å². The zero-order valence-corrected chi connectivity index (χ0v) is 12.1. The van der Waals surface area contributed by atoms with E-state index in [0.717, 1.165) is 6.20 Å². The molecule has 0 saturated carbocycles. The van der Waals surface area contributed by atoms with Gasteiger partial charge in [-0.05, 0) is 13.0 Å². The van der Waals surface area contributed by atoms with Gasteiger partial charge in [0.2, 0.25) is 5.88 Å². The Bertz CT molecular complexity index is 633. The highest BCUT2D eigenvalue weighted by Gasteiger charge is 2.04. The first-order valence-corrected chi connectivity index (χ1v) is 6.31. The molecule has 0 unspecified atom stereocenters. The topological polar surface area (TPSA) is 121 Å². The molecule has 0 atom stereocenters. The first-order valence-electron chi connectivity index (χ1n) is 5.93. The largest absolute Gasteiger partial charge is 0.478 e. The molecule has 2 aromatic rings. The third kappa shape index (κ3) is 5.67. The Morgan fingerprint density at radius 3 is 1.95 bits per heavy atom. The van der Waals surface area contributed by atoms with Crippen molar-refractivity contribution in [2.45, 2.75) is 6.92 Å². The van der Waals surface area contributed by atoms with Crippen molar-refractivity contribution in [1.29, 1.82) is 0 Å². The van der Waals surface area contributed by atoms with Crippen molar-refractivity contribution in [2.75, 3.05) is 6.61 Å². The number of aromatic nitrogens is 2. The van der Waals surface area contributed by atoms with Crippen molar-refractivity contribution in [3.05, 3.63) is 62.0 Å². The number of hydrogen-bond donors (Lipinski definition) is 0. The molecule has 9 nitrogen and oxygen atoms in total. The second kappa shape index (κ2) is 8.47. The lowest BCUT2D eigenvalue weighted by Crippen LogP contribution is -1.95. The van der Waals surface area contributed by atoms with Gasteiger partial charge < -0.3 is 4.74 Å². The molecule has 22 heavy (non-hydrogen) atoms. The van der Waals surface area contributed by atoms with Gasteiger partial charge in [0.15, 0.2) is 0 Å². The molecule has 0 N–H and O–H groups in total. The van der Waals surface area contributed by atoms with E-state index in [1.807, 2.05) is 6.92 Å². The van der Waals surface area contributed by atoms with Crippen molar-refractivity contribution < 1.29 is 14.6 Å². The highest BCUT2D eigenvalue weighted by Crippen LogP contribution is 2.13. The summed E-state index contributed by atoms with van der Waals surface area (Å²) in [5.41, 5.74) is -0.0807. The van der Waals surface area contributed by atoms with E-state index < -0.39 is 9.85 Å². The average Bonchev–Trinajstić information content (AvgIpc) is 2.49. The molecule has 116 valence electrons. The van der Waals surface area contributed by atoms with Crippen LogP contribution in [0.4, 0.5) is 11.4 Å². The van der Waals surface area contributed by atoms with Gasteiger partial charge in [0.25, 0.3) is 11.4 Å². The average molecular weight is 327 g/mol. The van der Waals surface area contributed by atoms with Crippen molar-refractivity contribution in [2.24, 2.45) is 0 Å².